The van der Waals surface area contributed by atoms with Gasteiger partial charge < -0.3 is 106 Å². The number of amides is 5. The average molecular weight is 1110 g/mol. The van der Waals surface area contributed by atoms with E-state index in [1.807, 2.05) is 13.8 Å². The summed E-state index contributed by atoms with van der Waals surface area (Å²) in [5.41, 5.74) is -1.29. The monoisotopic (exact) mass is 1110 g/mol. The van der Waals surface area contributed by atoms with Crippen molar-refractivity contribution in [2.24, 2.45) is 17.8 Å². The molecule has 0 aromatic carbocycles. The van der Waals surface area contributed by atoms with E-state index in [0.29, 0.717) is 38.8 Å². The molecule has 5 amide bonds. The molecule has 26 nitrogen and oxygen atoms in total. The Hall–Kier alpha value is -3.29. The number of nitrogens with one attached hydrogen (secondary N) is 5. The maximum absolute atomic E-state index is 13.8. The van der Waals surface area contributed by atoms with Crippen molar-refractivity contribution >= 4 is 29.5 Å². The van der Waals surface area contributed by atoms with Crippen molar-refractivity contribution in [1.29, 1.82) is 0 Å². The first kappa shape index (κ1) is 68.0. The van der Waals surface area contributed by atoms with E-state index >= 15 is 0 Å². The maximum Gasteiger partial charge on any atom is 0.220 e. The Morgan fingerprint density at radius 3 is 1.05 bits per heavy atom. The lowest BCUT2D eigenvalue weighted by atomic mass is 9.82. The van der Waals surface area contributed by atoms with Crippen LogP contribution in [0.2, 0.25) is 0 Å². The largest absolute Gasteiger partial charge is 0.394 e. The van der Waals surface area contributed by atoms with Crippen LogP contribution in [0.5, 0.6) is 0 Å². The third-order valence-electron chi connectivity index (χ3n) is 14.1. The number of carbonyl (C=O) groups excluding carboxylic acids is 5. The lowest BCUT2D eigenvalue weighted by Crippen LogP contribution is -2.55. The minimum Gasteiger partial charge on any atom is -0.394 e. The molecule has 3 aliphatic heterocycles. The predicted molar refractivity (Wildman–Crippen MR) is 273 cm³/mol. The molecule has 0 bridgehead atoms. The summed E-state index contributed by atoms with van der Waals surface area (Å²) in [6.45, 7) is 8.80. The zero-order valence-electron chi connectivity index (χ0n) is 45.6. The lowest BCUT2D eigenvalue weighted by molar-refractivity contribution is -0.282. The van der Waals surface area contributed by atoms with Gasteiger partial charge in [-0.1, -0.05) is 20.8 Å². The van der Waals surface area contributed by atoms with Crippen LogP contribution in [0.15, 0.2) is 0 Å². The Morgan fingerprint density at radius 2 is 0.740 bits per heavy atom. The van der Waals surface area contributed by atoms with E-state index in [-0.39, 0.29) is 109 Å². The molecule has 0 saturated carbocycles. The van der Waals surface area contributed by atoms with Gasteiger partial charge in [-0.3, -0.25) is 24.0 Å². The molecule has 15 atom stereocenters. The van der Waals surface area contributed by atoms with Crippen LogP contribution >= 0.6 is 0 Å². The molecule has 0 radical (unpaired) electrons. The fourth-order valence-corrected chi connectivity index (χ4v) is 9.09. The normalized spacial score (nSPS) is 30.3. The van der Waals surface area contributed by atoms with Gasteiger partial charge in [0.2, 0.25) is 29.5 Å². The van der Waals surface area contributed by atoms with Crippen molar-refractivity contribution in [1.82, 2.24) is 26.6 Å². The second-order valence-electron chi connectivity index (χ2n) is 20.7. The summed E-state index contributed by atoms with van der Waals surface area (Å²) in [6.07, 6.45) is -11.9. The van der Waals surface area contributed by atoms with Gasteiger partial charge in [0.05, 0.1) is 64.1 Å². The number of rotatable bonds is 37. The molecule has 3 rings (SSSR count). The van der Waals surface area contributed by atoms with E-state index < -0.39 is 141 Å². The molecule has 3 heterocycles. The molecule has 0 aromatic heterocycles. The van der Waals surface area contributed by atoms with Crippen molar-refractivity contribution in [3.05, 3.63) is 0 Å². The number of ether oxygens (including phenoxy) is 7. The Kier molecular flexibility index (Phi) is 31.9. The summed E-state index contributed by atoms with van der Waals surface area (Å²) < 4.78 is 39.6. The highest BCUT2D eigenvalue weighted by atomic mass is 16.7. The van der Waals surface area contributed by atoms with Gasteiger partial charge in [0.1, 0.15) is 36.6 Å². The van der Waals surface area contributed by atoms with Gasteiger partial charge in [-0.25, -0.2) is 0 Å². The van der Waals surface area contributed by atoms with Crippen LogP contribution in [-0.2, 0) is 57.1 Å². The van der Waals surface area contributed by atoms with Gasteiger partial charge in [0.15, 0.2) is 18.9 Å². The minimum absolute atomic E-state index is 0.00233. The van der Waals surface area contributed by atoms with Gasteiger partial charge in [-0.15, -0.1) is 0 Å². The van der Waals surface area contributed by atoms with Crippen LogP contribution in [0.1, 0.15) is 118 Å². The Morgan fingerprint density at radius 1 is 0.442 bits per heavy atom. The van der Waals surface area contributed by atoms with Gasteiger partial charge in [0, 0.05) is 88.2 Å². The first-order valence-corrected chi connectivity index (χ1v) is 27.4. The van der Waals surface area contributed by atoms with Gasteiger partial charge >= 0.3 is 0 Å². The Bertz CT molecular complexity index is 1570. The molecule has 3 aliphatic rings. The van der Waals surface area contributed by atoms with Crippen molar-refractivity contribution in [2.45, 2.75) is 204 Å². The van der Waals surface area contributed by atoms with Crippen molar-refractivity contribution in [3.63, 3.8) is 0 Å². The summed E-state index contributed by atoms with van der Waals surface area (Å²) in [5.74, 6) is -3.72. The fourth-order valence-electron chi connectivity index (χ4n) is 9.09. The molecule has 6 unspecified atom stereocenters. The topological polar surface area (TPSA) is 392 Å². The van der Waals surface area contributed by atoms with Crippen LogP contribution < -0.4 is 26.6 Å². The third-order valence-corrected chi connectivity index (χ3v) is 14.1. The van der Waals surface area contributed by atoms with Gasteiger partial charge in [-0.2, -0.15) is 0 Å². The zero-order valence-corrected chi connectivity index (χ0v) is 45.6. The van der Waals surface area contributed by atoms with Crippen LogP contribution in [0.25, 0.3) is 0 Å². The first-order chi connectivity index (χ1) is 36.7. The molecule has 448 valence electrons. The third kappa shape index (κ3) is 23.8. The van der Waals surface area contributed by atoms with E-state index in [1.54, 1.807) is 20.8 Å². The highest BCUT2D eigenvalue weighted by Gasteiger charge is 2.45. The quantitative estimate of drug-likeness (QED) is 0.0277. The van der Waals surface area contributed by atoms with Gasteiger partial charge in [0.25, 0.3) is 0 Å². The summed E-state index contributed by atoms with van der Waals surface area (Å²) in [7, 11) is 0. The minimum atomic E-state index is -1.29. The first-order valence-electron chi connectivity index (χ1n) is 27.4. The highest BCUT2D eigenvalue weighted by Crippen LogP contribution is 2.30. The van der Waals surface area contributed by atoms with E-state index in [4.69, 9.17) is 33.2 Å². The van der Waals surface area contributed by atoms with E-state index in [0.717, 1.165) is 0 Å². The molecule has 0 aromatic rings. The number of aliphatic hydroxyl groups is 9. The summed E-state index contributed by atoms with van der Waals surface area (Å²) in [5, 5.41) is 105. The second kappa shape index (κ2) is 36.1. The molecule has 26 heteroatoms. The number of hydrogen-bond acceptors (Lipinski definition) is 21. The SMILES string of the molecule is CC(C)OCCCNC(=O)CCCC(=O)NC(CCC(=O)NCCCO[C@@H]1OC(CO)[C@H](O)[C@H](O)C1C)(CCC(=O)NCCCO[C@@H]1OC(CO)[C@H](O)[C@H](O)C1C)CCC(=O)NCCCO[C@@H]1OC(CO)[C@H](O)[C@H](O)C1C. The van der Waals surface area contributed by atoms with Crippen LogP contribution in [-0.4, -0.2) is 233 Å². The standard InChI is InChI=1S/C51H93N5O21/c1-30(2)71-23-7-19-52-37(60)11-6-12-41(64)56-51(16-13-38(61)53-20-8-24-72-48-31(3)42(65)45(68)34(27-57)75-48,17-14-39(62)54-21-9-25-73-49-32(4)43(66)46(69)35(28-58)76-49)18-15-40(63)55-22-10-26-74-50-33(5)44(67)47(70)36(29-59)77-50/h30-36,42-50,57-59,65-70H,6-29H2,1-5H3,(H,52,60)(H,53,61)(H,54,62)(H,55,63)(H,56,64)/t31?,32?,33?,34?,35?,36?,42-,43-,44-,45+,46+,47+,48-,49-,50-,51?/m1/s1. The van der Waals surface area contributed by atoms with Gasteiger partial charge in [-0.05, 0) is 65.2 Å². The fraction of sp³-hybridized carbons (Fsp3) is 0.902. The summed E-state index contributed by atoms with van der Waals surface area (Å²) in [6, 6.07) is 0. The molecule has 0 spiro atoms. The van der Waals surface area contributed by atoms with Crippen molar-refractivity contribution in [3.8, 4) is 0 Å². The smallest absolute Gasteiger partial charge is 0.220 e. The maximum atomic E-state index is 13.8. The van der Waals surface area contributed by atoms with E-state index in [1.165, 1.54) is 0 Å². The number of aliphatic hydroxyl groups excluding tert-OH is 9. The molecular formula is C51H93N5O21. The molecule has 3 saturated heterocycles. The number of carbonyl (C=O) groups is 5. The van der Waals surface area contributed by atoms with Crippen LogP contribution in [0.3, 0.4) is 0 Å². The lowest BCUT2D eigenvalue weighted by Gasteiger charge is -2.40. The second-order valence-corrected chi connectivity index (χ2v) is 20.7. The molecule has 0 aliphatic carbocycles. The molecule has 77 heavy (non-hydrogen) atoms. The van der Waals surface area contributed by atoms with E-state index in [2.05, 4.69) is 26.6 Å². The van der Waals surface area contributed by atoms with Crippen molar-refractivity contribution in [2.75, 3.05) is 72.4 Å². The molecular weight excluding hydrogens is 1020 g/mol. The summed E-state index contributed by atoms with van der Waals surface area (Å²) in [4.78, 5) is 66.7. The molecule has 14 N–H and O–H groups in total. The van der Waals surface area contributed by atoms with Crippen LogP contribution in [0.4, 0.5) is 0 Å². The average Bonchev–Trinajstić information content (AvgIpc) is 3.40. The number of hydrogen-bond donors (Lipinski definition) is 14. The Balaban J connectivity index is 1.68. The molecule has 3 fully saturated rings. The Labute approximate surface area is 451 Å². The van der Waals surface area contributed by atoms with Crippen molar-refractivity contribution < 1.29 is 103 Å². The highest BCUT2D eigenvalue weighted by molar-refractivity contribution is 5.81. The summed E-state index contributed by atoms with van der Waals surface area (Å²) >= 11 is 0. The predicted octanol–water partition coefficient (Wildman–Crippen LogP) is -2.92. The zero-order chi connectivity index (χ0) is 57.1. The van der Waals surface area contributed by atoms with E-state index in [9.17, 15) is 69.9 Å². The van der Waals surface area contributed by atoms with Crippen LogP contribution in [0, 0.1) is 17.8 Å².